The minimum Gasteiger partial charge on any atom is -0.493 e. The van der Waals surface area contributed by atoms with E-state index in [2.05, 4.69) is 12.1 Å². The van der Waals surface area contributed by atoms with Crippen molar-refractivity contribution in [1.29, 1.82) is 0 Å². The molecule has 116 valence electrons. The molecule has 0 aromatic heterocycles. The molecule has 0 saturated heterocycles. The molecule has 3 rings (SSSR count). The van der Waals surface area contributed by atoms with Crippen LogP contribution in [0.25, 0.3) is 0 Å². The largest absolute Gasteiger partial charge is 1.00 e. The van der Waals surface area contributed by atoms with Gasteiger partial charge >= 0.3 is 58.4 Å². The van der Waals surface area contributed by atoms with Gasteiger partial charge in [-0.1, -0.05) is 36.4 Å². The van der Waals surface area contributed by atoms with Gasteiger partial charge in [-0.3, -0.25) is 0 Å². The van der Waals surface area contributed by atoms with Crippen molar-refractivity contribution >= 4 is 12.4 Å². The molecule has 0 fully saturated rings. The minimum atomic E-state index is -4.98. The Bertz CT molecular complexity index is 660. The van der Waals surface area contributed by atoms with E-state index in [9.17, 15) is 12.9 Å². The van der Waals surface area contributed by atoms with Gasteiger partial charge in [0.25, 0.3) is 0 Å². The van der Waals surface area contributed by atoms with E-state index in [4.69, 9.17) is 4.74 Å². The topological polar surface area (TPSA) is 9.23 Å². The van der Waals surface area contributed by atoms with Crippen molar-refractivity contribution in [2.24, 2.45) is 0 Å². The average molecular weight is 344 g/mol. The first-order chi connectivity index (χ1) is 10.5. The number of ether oxygens (including phenoxy) is 1. The molecule has 0 N–H and O–H groups in total. The van der Waals surface area contributed by atoms with Gasteiger partial charge in [0.15, 0.2) is 0 Å². The van der Waals surface area contributed by atoms with Crippen LogP contribution in [-0.4, -0.2) is 13.6 Å². The zero-order valence-electron chi connectivity index (χ0n) is 13.1. The van der Waals surface area contributed by atoms with E-state index in [1.807, 2.05) is 12.1 Å². The maximum atomic E-state index is 12.8. The third-order valence-corrected chi connectivity index (χ3v) is 4.18. The molecule has 0 spiro atoms. The zero-order chi connectivity index (χ0) is 15.6. The van der Waals surface area contributed by atoms with Gasteiger partial charge < -0.3 is 17.7 Å². The van der Waals surface area contributed by atoms with Crippen LogP contribution in [-0.2, 0) is 6.42 Å². The average Bonchev–Trinajstić information content (AvgIpc) is 2.52. The zero-order valence-corrected chi connectivity index (χ0v) is 16.3. The summed E-state index contributed by atoms with van der Waals surface area (Å²) in [5.41, 5.74) is 1.99. The summed E-state index contributed by atoms with van der Waals surface area (Å²) in [4.78, 5) is 0. The fourth-order valence-corrected chi connectivity index (χ4v) is 3.03. The van der Waals surface area contributed by atoms with Crippen molar-refractivity contribution in [3.63, 3.8) is 0 Å². The van der Waals surface area contributed by atoms with E-state index in [-0.39, 0.29) is 57.3 Å². The van der Waals surface area contributed by atoms with Crippen LogP contribution in [0.4, 0.5) is 12.9 Å². The van der Waals surface area contributed by atoms with E-state index in [0.29, 0.717) is 12.4 Å². The molecule has 1 aliphatic carbocycles. The first-order valence-corrected chi connectivity index (χ1v) is 7.54. The number of halogens is 3. The molecule has 0 bridgehead atoms. The fourth-order valence-electron chi connectivity index (χ4n) is 3.03. The summed E-state index contributed by atoms with van der Waals surface area (Å²) in [6, 6.07) is 13.4. The molecule has 2 aromatic rings. The molecule has 23 heavy (non-hydrogen) atoms. The van der Waals surface area contributed by atoms with Crippen LogP contribution in [0, 0.1) is 0 Å². The van der Waals surface area contributed by atoms with Crippen molar-refractivity contribution in [3.05, 3.63) is 59.7 Å². The number of fused-ring (bicyclic) bond motifs is 1. The fraction of sp³-hybridized carbons (Fsp3) is 0.294. The van der Waals surface area contributed by atoms with Crippen LogP contribution < -0.4 is 61.6 Å². The first kappa shape index (κ1) is 19.1. The number of rotatable bonds is 4. The van der Waals surface area contributed by atoms with Gasteiger partial charge in [-0.15, -0.1) is 5.46 Å². The van der Waals surface area contributed by atoms with E-state index in [1.165, 1.54) is 17.2 Å². The number of aryl methyl sites for hydroxylation is 1. The summed E-state index contributed by atoms with van der Waals surface area (Å²) < 4.78 is 43.9. The Morgan fingerprint density at radius 2 is 1.83 bits per heavy atom. The molecule has 2 aromatic carbocycles. The van der Waals surface area contributed by atoms with Crippen molar-refractivity contribution in [3.8, 4) is 5.75 Å². The van der Waals surface area contributed by atoms with Gasteiger partial charge in [-0.05, 0) is 42.5 Å². The molecule has 1 unspecified atom stereocenters. The summed E-state index contributed by atoms with van der Waals surface area (Å²) in [5.74, 6) is 0.546. The second kappa shape index (κ2) is 8.21. The van der Waals surface area contributed by atoms with Crippen LogP contribution in [0.1, 0.15) is 29.9 Å². The molecular weight excluding hydrogens is 327 g/mol. The van der Waals surface area contributed by atoms with Crippen LogP contribution in [0.15, 0.2) is 48.5 Å². The van der Waals surface area contributed by atoms with Crippen molar-refractivity contribution < 1.29 is 69.1 Å². The predicted molar refractivity (Wildman–Crippen MR) is 82.8 cm³/mol. The SMILES string of the molecule is F[B-](F)(F)c1cccc(OCC2CCCc3ccccc32)c1.[K+]. The number of benzene rings is 2. The van der Waals surface area contributed by atoms with E-state index in [1.54, 1.807) is 6.07 Å². The van der Waals surface area contributed by atoms with Gasteiger partial charge in [-0.25, -0.2) is 0 Å². The molecular formula is C17H17BF3KO. The van der Waals surface area contributed by atoms with Crippen LogP contribution >= 0.6 is 0 Å². The van der Waals surface area contributed by atoms with Crippen LogP contribution in [0.5, 0.6) is 5.75 Å². The van der Waals surface area contributed by atoms with Gasteiger partial charge in [0.05, 0.1) is 6.61 Å². The molecule has 0 amide bonds. The van der Waals surface area contributed by atoms with Gasteiger partial charge in [0.2, 0.25) is 0 Å². The van der Waals surface area contributed by atoms with Crippen molar-refractivity contribution in [2.45, 2.75) is 25.2 Å². The third-order valence-electron chi connectivity index (χ3n) is 4.18. The quantitative estimate of drug-likeness (QED) is 0.759. The molecule has 1 atom stereocenters. The summed E-state index contributed by atoms with van der Waals surface area (Å²) in [5, 5.41) is 0. The maximum absolute atomic E-state index is 12.8. The molecule has 0 saturated carbocycles. The second-order valence-electron chi connectivity index (χ2n) is 5.75. The molecule has 6 heteroatoms. The molecule has 0 aliphatic heterocycles. The minimum absolute atomic E-state index is 0. The number of hydrogen-bond donors (Lipinski definition) is 0. The Morgan fingerprint density at radius 3 is 2.61 bits per heavy atom. The van der Waals surface area contributed by atoms with E-state index in [0.717, 1.165) is 31.4 Å². The summed E-state index contributed by atoms with van der Waals surface area (Å²) in [7, 11) is 0. The Morgan fingerprint density at radius 1 is 1.04 bits per heavy atom. The molecule has 0 radical (unpaired) electrons. The van der Waals surface area contributed by atoms with Crippen LogP contribution in [0.3, 0.4) is 0 Å². The number of hydrogen-bond acceptors (Lipinski definition) is 1. The van der Waals surface area contributed by atoms with Crippen LogP contribution in [0.2, 0.25) is 0 Å². The van der Waals surface area contributed by atoms with E-state index < -0.39 is 12.4 Å². The first-order valence-electron chi connectivity index (χ1n) is 7.54. The smallest absolute Gasteiger partial charge is 0.493 e. The maximum Gasteiger partial charge on any atom is 1.00 e. The Hall–Kier alpha value is -0.269. The monoisotopic (exact) mass is 344 g/mol. The normalized spacial score (nSPS) is 17.1. The molecule has 1 nitrogen and oxygen atoms in total. The third kappa shape index (κ3) is 4.86. The predicted octanol–water partition coefficient (Wildman–Crippen LogP) is 1.24. The van der Waals surface area contributed by atoms with Crippen molar-refractivity contribution in [1.82, 2.24) is 0 Å². The summed E-state index contributed by atoms with van der Waals surface area (Å²) in [6.07, 6.45) is 3.18. The van der Waals surface area contributed by atoms with Gasteiger partial charge in [-0.2, -0.15) is 0 Å². The second-order valence-corrected chi connectivity index (χ2v) is 5.75. The standard InChI is InChI=1S/C17H17BF3O.K/c19-18(20,21)15-8-4-9-16(11-15)22-12-14-7-3-6-13-5-1-2-10-17(13)14;/h1-2,4-5,8-11,14H,3,6-7,12H2;/q-1;+1. The molecule has 0 heterocycles. The Kier molecular flexibility index (Phi) is 6.80. The Balaban J connectivity index is 0.00000192. The van der Waals surface area contributed by atoms with Gasteiger partial charge in [0.1, 0.15) is 5.75 Å². The summed E-state index contributed by atoms with van der Waals surface area (Å²) >= 11 is 0. The Labute approximate surface area is 177 Å². The van der Waals surface area contributed by atoms with E-state index >= 15 is 0 Å². The van der Waals surface area contributed by atoms with Crippen molar-refractivity contribution in [2.75, 3.05) is 6.61 Å². The summed E-state index contributed by atoms with van der Waals surface area (Å²) in [6.45, 7) is -4.56. The van der Waals surface area contributed by atoms with Gasteiger partial charge in [0, 0.05) is 5.92 Å². The molecule has 1 aliphatic rings.